The standard InChI is InChI=1S/C10H17N3O3S/c1-10(2,17(3,14)15)9-12-8(13-16-9)7-5-4-6-11-7/h7,11H,4-6H2,1-3H3. The number of nitrogens with one attached hydrogen (secondary N) is 1. The van der Waals surface area contributed by atoms with Gasteiger partial charge in [-0.3, -0.25) is 0 Å². The zero-order chi connectivity index (χ0) is 12.7. The fourth-order valence-corrected chi connectivity index (χ4v) is 2.08. The third kappa shape index (κ3) is 2.21. The topological polar surface area (TPSA) is 85.1 Å². The molecule has 0 bridgehead atoms. The highest BCUT2D eigenvalue weighted by molar-refractivity contribution is 7.91. The number of rotatable bonds is 3. The molecule has 1 aromatic heterocycles. The van der Waals surface area contributed by atoms with Gasteiger partial charge in [-0.05, 0) is 33.2 Å². The van der Waals surface area contributed by atoms with Gasteiger partial charge in [0, 0.05) is 6.26 Å². The van der Waals surface area contributed by atoms with E-state index in [4.69, 9.17) is 4.52 Å². The van der Waals surface area contributed by atoms with E-state index in [1.807, 2.05) is 0 Å². The quantitative estimate of drug-likeness (QED) is 0.863. The van der Waals surface area contributed by atoms with E-state index >= 15 is 0 Å². The Bertz CT molecular complexity index is 501. The van der Waals surface area contributed by atoms with Crippen LogP contribution in [0, 0.1) is 0 Å². The molecule has 1 fully saturated rings. The van der Waals surface area contributed by atoms with Crippen LogP contribution in [-0.4, -0.2) is 31.4 Å². The minimum atomic E-state index is -3.28. The molecule has 1 unspecified atom stereocenters. The molecule has 2 rings (SSSR count). The van der Waals surface area contributed by atoms with E-state index in [9.17, 15) is 8.42 Å². The molecule has 1 aromatic rings. The Kier molecular flexibility index (Phi) is 2.99. The van der Waals surface area contributed by atoms with E-state index in [0.29, 0.717) is 5.82 Å². The van der Waals surface area contributed by atoms with Gasteiger partial charge in [-0.1, -0.05) is 5.16 Å². The van der Waals surface area contributed by atoms with Crippen molar-refractivity contribution in [2.24, 2.45) is 0 Å². The number of aromatic nitrogens is 2. The Hall–Kier alpha value is -0.950. The summed E-state index contributed by atoms with van der Waals surface area (Å²) in [5.41, 5.74) is 0. The lowest BCUT2D eigenvalue weighted by Crippen LogP contribution is -2.28. The maximum Gasteiger partial charge on any atom is 0.247 e. The summed E-state index contributed by atoms with van der Waals surface area (Å²) in [6, 6.07) is 0.0860. The predicted octanol–water partition coefficient (Wildman–Crippen LogP) is 0.774. The SMILES string of the molecule is CC(C)(c1nc(C2CCCN2)no1)S(C)(=O)=O. The van der Waals surface area contributed by atoms with Crippen molar-refractivity contribution in [1.29, 1.82) is 0 Å². The molecule has 1 saturated heterocycles. The van der Waals surface area contributed by atoms with Crippen molar-refractivity contribution in [3.05, 3.63) is 11.7 Å². The molecule has 6 nitrogen and oxygen atoms in total. The summed E-state index contributed by atoms with van der Waals surface area (Å²) >= 11 is 0. The third-order valence-corrected chi connectivity index (χ3v) is 5.28. The average Bonchev–Trinajstić information content (AvgIpc) is 2.87. The van der Waals surface area contributed by atoms with Gasteiger partial charge in [0.25, 0.3) is 0 Å². The van der Waals surface area contributed by atoms with Gasteiger partial charge in [0.15, 0.2) is 15.7 Å². The molecule has 0 amide bonds. The highest BCUT2D eigenvalue weighted by Gasteiger charge is 2.39. The van der Waals surface area contributed by atoms with Crippen LogP contribution in [0.2, 0.25) is 0 Å². The molecule has 0 spiro atoms. The fourth-order valence-electron chi connectivity index (χ4n) is 1.68. The third-order valence-electron chi connectivity index (χ3n) is 3.26. The van der Waals surface area contributed by atoms with E-state index in [-0.39, 0.29) is 11.9 Å². The first-order chi connectivity index (χ1) is 7.82. The van der Waals surface area contributed by atoms with E-state index < -0.39 is 14.6 Å². The van der Waals surface area contributed by atoms with Gasteiger partial charge in [-0.15, -0.1) is 0 Å². The molecule has 2 heterocycles. The number of sulfone groups is 1. The number of nitrogens with zero attached hydrogens (tertiary/aromatic N) is 2. The van der Waals surface area contributed by atoms with E-state index in [0.717, 1.165) is 19.4 Å². The lowest BCUT2D eigenvalue weighted by Gasteiger charge is -2.16. The van der Waals surface area contributed by atoms with Crippen LogP contribution in [0.15, 0.2) is 4.52 Å². The second-order valence-electron chi connectivity index (χ2n) is 4.89. The Morgan fingerprint density at radius 1 is 1.47 bits per heavy atom. The average molecular weight is 259 g/mol. The van der Waals surface area contributed by atoms with E-state index in [1.165, 1.54) is 6.26 Å². The molecule has 0 aliphatic carbocycles. The summed E-state index contributed by atoms with van der Waals surface area (Å²) in [5.74, 6) is 0.706. The van der Waals surface area contributed by atoms with Gasteiger partial charge in [0.2, 0.25) is 5.89 Å². The largest absolute Gasteiger partial charge is 0.338 e. The Labute approximate surface area is 101 Å². The monoisotopic (exact) mass is 259 g/mol. The summed E-state index contributed by atoms with van der Waals surface area (Å²) in [5, 5.41) is 7.11. The van der Waals surface area contributed by atoms with Gasteiger partial charge in [0.1, 0.15) is 4.75 Å². The molecule has 0 radical (unpaired) electrons. The van der Waals surface area contributed by atoms with Crippen molar-refractivity contribution in [3.8, 4) is 0 Å². The van der Waals surface area contributed by atoms with Crippen LogP contribution in [-0.2, 0) is 14.6 Å². The molecular formula is C10H17N3O3S. The summed E-state index contributed by atoms with van der Waals surface area (Å²) in [6.07, 6.45) is 3.20. The zero-order valence-electron chi connectivity index (χ0n) is 10.2. The lowest BCUT2D eigenvalue weighted by atomic mass is 10.2. The van der Waals surface area contributed by atoms with Crippen LogP contribution in [0.25, 0.3) is 0 Å². The van der Waals surface area contributed by atoms with Crippen LogP contribution < -0.4 is 5.32 Å². The summed E-state index contributed by atoms with van der Waals surface area (Å²) in [4.78, 5) is 4.21. The van der Waals surface area contributed by atoms with Crippen LogP contribution in [0.5, 0.6) is 0 Å². The van der Waals surface area contributed by atoms with Gasteiger partial charge in [0.05, 0.1) is 6.04 Å². The molecule has 7 heteroatoms. The summed E-state index contributed by atoms with van der Waals surface area (Å²) in [6.45, 7) is 4.08. The normalized spacial score (nSPS) is 21.9. The maximum atomic E-state index is 11.6. The first-order valence-electron chi connectivity index (χ1n) is 5.59. The van der Waals surface area contributed by atoms with Gasteiger partial charge in [-0.25, -0.2) is 8.42 Å². The zero-order valence-corrected chi connectivity index (χ0v) is 11.0. The molecule has 1 N–H and O–H groups in total. The molecule has 96 valence electrons. The summed E-state index contributed by atoms with van der Waals surface area (Å²) < 4.78 is 27.2. The smallest absolute Gasteiger partial charge is 0.247 e. The van der Waals surface area contributed by atoms with Crippen LogP contribution in [0.3, 0.4) is 0 Å². The first-order valence-corrected chi connectivity index (χ1v) is 7.48. The first kappa shape index (κ1) is 12.5. The molecule has 1 atom stereocenters. The number of hydrogen-bond donors (Lipinski definition) is 1. The van der Waals surface area contributed by atoms with Gasteiger partial charge >= 0.3 is 0 Å². The fraction of sp³-hybridized carbons (Fsp3) is 0.800. The highest BCUT2D eigenvalue weighted by atomic mass is 32.2. The molecular weight excluding hydrogens is 242 g/mol. The molecule has 17 heavy (non-hydrogen) atoms. The van der Waals surface area contributed by atoms with Gasteiger partial charge in [-0.2, -0.15) is 4.98 Å². The van der Waals surface area contributed by atoms with Crippen molar-refractivity contribution < 1.29 is 12.9 Å². The number of hydrogen-bond acceptors (Lipinski definition) is 6. The summed E-state index contributed by atoms with van der Waals surface area (Å²) in [7, 11) is -3.28. The molecule has 0 saturated carbocycles. The van der Waals surface area contributed by atoms with Crippen molar-refractivity contribution in [3.63, 3.8) is 0 Å². The maximum absolute atomic E-state index is 11.6. The lowest BCUT2D eigenvalue weighted by molar-refractivity contribution is 0.341. The molecule has 0 aromatic carbocycles. The second kappa shape index (κ2) is 4.06. The van der Waals surface area contributed by atoms with E-state index in [1.54, 1.807) is 13.8 Å². The highest BCUT2D eigenvalue weighted by Crippen LogP contribution is 2.29. The van der Waals surface area contributed by atoms with Crippen LogP contribution in [0.1, 0.15) is 44.4 Å². The van der Waals surface area contributed by atoms with Crippen LogP contribution >= 0.6 is 0 Å². The second-order valence-corrected chi connectivity index (χ2v) is 7.45. The van der Waals surface area contributed by atoms with Crippen molar-refractivity contribution in [1.82, 2.24) is 15.5 Å². The van der Waals surface area contributed by atoms with E-state index in [2.05, 4.69) is 15.5 Å². The Morgan fingerprint density at radius 3 is 2.71 bits per heavy atom. The van der Waals surface area contributed by atoms with Crippen molar-refractivity contribution >= 4 is 9.84 Å². The van der Waals surface area contributed by atoms with Gasteiger partial charge < -0.3 is 9.84 Å². The minimum absolute atomic E-state index is 0.0860. The Morgan fingerprint density at radius 2 is 2.18 bits per heavy atom. The Balaban J connectivity index is 2.29. The molecule has 1 aliphatic heterocycles. The predicted molar refractivity (Wildman–Crippen MR) is 62.1 cm³/mol. The van der Waals surface area contributed by atoms with Crippen molar-refractivity contribution in [2.45, 2.75) is 37.5 Å². The minimum Gasteiger partial charge on any atom is -0.338 e. The van der Waals surface area contributed by atoms with Crippen molar-refractivity contribution in [2.75, 3.05) is 12.8 Å². The molecule has 1 aliphatic rings. The van der Waals surface area contributed by atoms with Crippen LogP contribution in [0.4, 0.5) is 0 Å².